The number of aliphatic hydroxyl groups is 1. The van der Waals surface area contributed by atoms with Crippen LogP contribution in [0.1, 0.15) is 99.5 Å². The predicted molar refractivity (Wildman–Crippen MR) is 179 cm³/mol. The molecule has 2 unspecified atom stereocenters. The molecule has 2 N–H and O–H groups in total. The molecule has 6 rings (SSSR count). The van der Waals surface area contributed by atoms with Crippen molar-refractivity contribution in [1.82, 2.24) is 4.72 Å². The van der Waals surface area contributed by atoms with E-state index in [9.17, 15) is 18.3 Å². The van der Waals surface area contributed by atoms with Crippen LogP contribution in [0.3, 0.4) is 0 Å². The van der Waals surface area contributed by atoms with E-state index in [1.165, 1.54) is 5.56 Å². The van der Waals surface area contributed by atoms with E-state index in [4.69, 9.17) is 16.3 Å². The fourth-order valence-corrected chi connectivity index (χ4v) is 9.92. The molecule has 246 valence electrons. The fraction of sp³-hybridized carbons (Fsp3) is 0.639. The number of halogens is 1. The number of ether oxygens (including phenoxy) is 1. The van der Waals surface area contributed by atoms with Gasteiger partial charge >= 0.3 is 0 Å². The maximum Gasteiger partial charge on any atom is 0.264 e. The third kappa shape index (κ3) is 7.33. The lowest BCUT2D eigenvalue weighted by molar-refractivity contribution is -0.0205. The molecule has 0 spiro atoms. The highest BCUT2D eigenvalue weighted by Gasteiger charge is 2.41. The Labute approximate surface area is 274 Å². The van der Waals surface area contributed by atoms with Crippen LogP contribution in [-0.4, -0.2) is 43.9 Å². The van der Waals surface area contributed by atoms with Gasteiger partial charge in [0.25, 0.3) is 5.91 Å². The molecule has 0 saturated heterocycles. The van der Waals surface area contributed by atoms with Crippen molar-refractivity contribution >= 4 is 33.2 Å². The third-order valence-corrected chi connectivity index (χ3v) is 13.5. The average molecular weight is 657 g/mol. The zero-order chi connectivity index (χ0) is 31.7. The van der Waals surface area contributed by atoms with Crippen molar-refractivity contribution in [3.8, 4) is 5.75 Å². The minimum atomic E-state index is -3.93. The summed E-state index contributed by atoms with van der Waals surface area (Å²) in [6, 6.07) is 11.2. The van der Waals surface area contributed by atoms with Gasteiger partial charge in [-0.05, 0) is 122 Å². The SMILES string of the molecule is CC1CC[C@H](C)C(CC2CCC2)S(=O)(=O)NC(=O)c2ccc3c(c2)N(CCCCc2cc(Cl)ccc2CO3)C[C@@H]2CC[C@H]2[C@H]1O. The Bertz CT molecular complexity index is 1480. The van der Waals surface area contributed by atoms with Gasteiger partial charge in [-0.3, -0.25) is 4.79 Å². The highest BCUT2D eigenvalue weighted by Crippen LogP contribution is 2.43. The van der Waals surface area contributed by atoms with E-state index in [2.05, 4.69) is 16.5 Å². The van der Waals surface area contributed by atoms with E-state index in [1.54, 1.807) is 6.07 Å². The van der Waals surface area contributed by atoms with Gasteiger partial charge in [0.1, 0.15) is 12.4 Å². The summed E-state index contributed by atoms with van der Waals surface area (Å²) in [5.41, 5.74) is 3.39. The summed E-state index contributed by atoms with van der Waals surface area (Å²) in [5.74, 6) is 0.961. The molecule has 0 aromatic heterocycles. The number of nitrogens with zero attached hydrogens (tertiary/aromatic N) is 1. The molecule has 6 atom stereocenters. The number of hydrogen-bond donors (Lipinski definition) is 2. The van der Waals surface area contributed by atoms with Crippen molar-refractivity contribution in [2.24, 2.45) is 29.6 Å². The van der Waals surface area contributed by atoms with Crippen LogP contribution < -0.4 is 14.4 Å². The van der Waals surface area contributed by atoms with Gasteiger partial charge < -0.3 is 14.7 Å². The number of nitrogens with one attached hydrogen (secondary N) is 1. The number of amides is 1. The number of aryl methyl sites for hydroxylation is 1. The molecular weight excluding hydrogens is 608 g/mol. The van der Waals surface area contributed by atoms with Gasteiger partial charge in [-0.1, -0.05) is 50.8 Å². The van der Waals surface area contributed by atoms with Crippen molar-refractivity contribution in [2.45, 2.75) is 102 Å². The highest BCUT2D eigenvalue weighted by molar-refractivity contribution is 7.90. The van der Waals surface area contributed by atoms with E-state index in [0.717, 1.165) is 82.1 Å². The maximum absolute atomic E-state index is 13.9. The summed E-state index contributed by atoms with van der Waals surface area (Å²) in [7, 11) is -3.93. The largest absolute Gasteiger partial charge is 0.487 e. The molecular formula is C36H49ClN2O5S. The molecule has 2 saturated carbocycles. The first-order valence-corrected chi connectivity index (χ1v) is 19.0. The monoisotopic (exact) mass is 656 g/mol. The number of sulfonamides is 1. The molecule has 7 nitrogen and oxygen atoms in total. The number of benzene rings is 2. The summed E-state index contributed by atoms with van der Waals surface area (Å²) < 4.78 is 36.7. The Balaban J connectivity index is 1.37. The lowest BCUT2D eigenvalue weighted by Gasteiger charge is -2.45. The molecule has 2 aliphatic heterocycles. The number of rotatable bonds is 2. The van der Waals surface area contributed by atoms with Gasteiger partial charge in [0.15, 0.2) is 0 Å². The van der Waals surface area contributed by atoms with E-state index < -0.39 is 27.3 Å². The Kier molecular flexibility index (Phi) is 10.0. The molecule has 2 fully saturated rings. The van der Waals surface area contributed by atoms with E-state index >= 15 is 0 Å². The summed E-state index contributed by atoms with van der Waals surface area (Å²) in [6.07, 6.45) is 9.72. The molecule has 2 aliphatic carbocycles. The van der Waals surface area contributed by atoms with Crippen molar-refractivity contribution in [1.29, 1.82) is 0 Å². The van der Waals surface area contributed by atoms with Crippen molar-refractivity contribution in [2.75, 3.05) is 18.0 Å². The summed E-state index contributed by atoms with van der Waals surface area (Å²) in [5, 5.41) is 11.6. The Morgan fingerprint density at radius 1 is 0.956 bits per heavy atom. The number of fused-ring (bicyclic) bond motifs is 3. The van der Waals surface area contributed by atoms with Crippen LogP contribution in [0.5, 0.6) is 5.75 Å². The van der Waals surface area contributed by atoms with E-state index in [-0.39, 0.29) is 17.8 Å². The van der Waals surface area contributed by atoms with Crippen LogP contribution >= 0.6 is 11.6 Å². The Morgan fingerprint density at radius 3 is 2.49 bits per heavy atom. The second-order valence-electron chi connectivity index (χ2n) is 14.4. The lowest BCUT2D eigenvalue weighted by atomic mass is 9.67. The standard InChI is InChI=1S/C36H49ClN2O5S/c1-23-9-10-24(2)35(40)31-15-12-28(31)21-39-17-4-3-8-26-19-30(37)14-11-29(26)22-44-33-16-13-27(20-32(33)39)36(41)38-45(42,43)34(23)18-25-6-5-7-25/h11,13-14,16,19-20,23-25,28,31,34-35,40H,3-10,12,15,17-18,21-22H2,1-2H3,(H,38,41)/t23-,24?,28-,31+,34?,35-/m0/s1. The van der Waals surface area contributed by atoms with E-state index in [0.29, 0.717) is 47.6 Å². The summed E-state index contributed by atoms with van der Waals surface area (Å²) in [4.78, 5) is 16.0. The first-order chi connectivity index (χ1) is 21.6. The van der Waals surface area contributed by atoms with Gasteiger partial charge in [-0.2, -0.15) is 0 Å². The zero-order valence-electron chi connectivity index (χ0n) is 26.7. The van der Waals surface area contributed by atoms with Gasteiger partial charge in [-0.25, -0.2) is 13.1 Å². The van der Waals surface area contributed by atoms with Crippen LogP contribution in [0.15, 0.2) is 36.4 Å². The number of carbonyl (C=O) groups excluding carboxylic acids is 1. The zero-order valence-corrected chi connectivity index (χ0v) is 28.3. The van der Waals surface area contributed by atoms with Crippen LogP contribution in [0.4, 0.5) is 5.69 Å². The summed E-state index contributed by atoms with van der Waals surface area (Å²) >= 11 is 6.34. The minimum absolute atomic E-state index is 0.0740. The number of aliphatic hydroxyl groups excluding tert-OH is 1. The van der Waals surface area contributed by atoms with Gasteiger partial charge in [0.2, 0.25) is 10.0 Å². The predicted octanol–water partition coefficient (Wildman–Crippen LogP) is 7.13. The Hall–Kier alpha value is -2.29. The second-order valence-corrected chi connectivity index (χ2v) is 16.7. The smallest absolute Gasteiger partial charge is 0.264 e. The normalized spacial score (nSPS) is 31.1. The van der Waals surface area contributed by atoms with Crippen molar-refractivity contribution < 1.29 is 23.1 Å². The van der Waals surface area contributed by atoms with Crippen LogP contribution in [0, 0.1) is 29.6 Å². The summed E-state index contributed by atoms with van der Waals surface area (Å²) in [6.45, 7) is 6.01. The number of hydrogen-bond acceptors (Lipinski definition) is 6. The minimum Gasteiger partial charge on any atom is -0.487 e. The fourth-order valence-electron chi connectivity index (χ4n) is 7.92. The molecule has 2 bridgehead atoms. The molecule has 1 amide bonds. The van der Waals surface area contributed by atoms with E-state index in [1.807, 2.05) is 37.3 Å². The Morgan fingerprint density at radius 2 is 1.76 bits per heavy atom. The molecule has 0 radical (unpaired) electrons. The van der Waals surface area contributed by atoms with Gasteiger partial charge in [0, 0.05) is 23.7 Å². The number of anilines is 1. The van der Waals surface area contributed by atoms with Gasteiger partial charge in [0.05, 0.1) is 17.0 Å². The molecule has 9 heteroatoms. The molecule has 45 heavy (non-hydrogen) atoms. The molecule has 2 aromatic rings. The molecule has 4 aliphatic rings. The van der Waals surface area contributed by atoms with Gasteiger partial charge in [-0.15, -0.1) is 0 Å². The highest BCUT2D eigenvalue weighted by atomic mass is 35.5. The van der Waals surface area contributed by atoms with Crippen molar-refractivity contribution in [3.63, 3.8) is 0 Å². The number of carbonyl (C=O) groups is 1. The quantitative estimate of drug-likeness (QED) is 0.357. The maximum atomic E-state index is 13.9. The van der Waals surface area contributed by atoms with Crippen molar-refractivity contribution in [3.05, 3.63) is 58.1 Å². The topological polar surface area (TPSA) is 95.9 Å². The van der Waals surface area contributed by atoms with Crippen LogP contribution in [-0.2, 0) is 23.1 Å². The second kappa shape index (κ2) is 13.8. The average Bonchev–Trinajstić information content (AvgIpc) is 2.99. The molecule has 2 aromatic carbocycles. The lowest BCUT2D eigenvalue weighted by Crippen LogP contribution is -2.46. The van der Waals surface area contributed by atoms with Crippen LogP contribution in [0.25, 0.3) is 0 Å². The third-order valence-electron chi connectivity index (χ3n) is 11.3. The first-order valence-electron chi connectivity index (χ1n) is 17.1. The molecule has 2 heterocycles. The first kappa shape index (κ1) is 32.6. The van der Waals surface area contributed by atoms with Crippen LogP contribution in [0.2, 0.25) is 5.02 Å².